The van der Waals surface area contributed by atoms with E-state index >= 15 is 0 Å². The number of carbonyl (C=O) groups is 3. The normalized spacial score (nSPS) is 26.3. The number of aryl methyl sites for hydroxylation is 1. The zero-order valence-electron chi connectivity index (χ0n) is 19.3. The number of esters is 3. The van der Waals surface area contributed by atoms with Gasteiger partial charge in [-0.25, -0.2) is 0 Å². The Morgan fingerprint density at radius 2 is 1.42 bits per heavy atom. The maximum atomic E-state index is 13.0. The Labute approximate surface area is 196 Å². The first kappa shape index (κ1) is 26.9. The molecule has 0 saturated carbocycles. The van der Waals surface area contributed by atoms with Gasteiger partial charge in [0.05, 0.1) is 11.0 Å². The van der Waals surface area contributed by atoms with E-state index in [0.717, 1.165) is 19.4 Å². The number of rotatable bonds is 7. The predicted octanol–water partition coefficient (Wildman–Crippen LogP) is 2.05. The Hall–Kier alpha value is -2.31. The lowest BCUT2D eigenvalue weighted by molar-refractivity contribution is -0.229. The second-order valence-corrected chi connectivity index (χ2v) is 11.3. The molecule has 1 heterocycles. The fourth-order valence-corrected chi connectivity index (χ4v) is 7.07. The van der Waals surface area contributed by atoms with Crippen LogP contribution in [-0.2, 0) is 54.0 Å². The first-order valence-corrected chi connectivity index (χ1v) is 13.1. The molecule has 1 fully saturated rings. The Kier molecular flexibility index (Phi) is 9.15. The van der Waals surface area contributed by atoms with Crippen LogP contribution < -0.4 is 0 Å². The lowest BCUT2D eigenvalue weighted by Gasteiger charge is -2.44. The Bertz CT molecular complexity index is 1020. The van der Waals surface area contributed by atoms with Gasteiger partial charge in [0.15, 0.2) is 23.7 Å². The van der Waals surface area contributed by atoms with Gasteiger partial charge in [-0.3, -0.25) is 14.4 Å². The number of sulfonamides is 1. The van der Waals surface area contributed by atoms with Crippen LogP contribution in [-0.4, -0.2) is 61.9 Å². The molecule has 0 bridgehead atoms. The summed E-state index contributed by atoms with van der Waals surface area (Å²) in [5, 5.41) is 0. The van der Waals surface area contributed by atoms with Gasteiger partial charge in [-0.15, -0.1) is 3.77 Å². The third-order valence-corrected chi connectivity index (χ3v) is 8.64. The molecule has 1 aromatic carbocycles. The van der Waals surface area contributed by atoms with Crippen molar-refractivity contribution >= 4 is 38.6 Å². The molecule has 1 aliphatic heterocycles. The molecule has 0 spiro atoms. The molecular weight excluding hydrogens is 474 g/mol. The van der Waals surface area contributed by atoms with Crippen LogP contribution in [0.15, 0.2) is 32.9 Å². The van der Waals surface area contributed by atoms with Crippen molar-refractivity contribution in [3.8, 4) is 0 Å². The average molecular weight is 504 g/mol. The largest absolute Gasteiger partial charge is 0.456 e. The highest BCUT2D eigenvalue weighted by Gasteiger charge is 2.51. The van der Waals surface area contributed by atoms with Crippen LogP contribution in [0.25, 0.3) is 0 Å². The molecule has 1 aliphatic rings. The zero-order valence-corrected chi connectivity index (χ0v) is 21.0. The van der Waals surface area contributed by atoms with Crippen LogP contribution in [0.3, 0.4) is 0 Å². The van der Waals surface area contributed by atoms with Gasteiger partial charge in [0.2, 0.25) is 0 Å². The van der Waals surface area contributed by atoms with Crippen LogP contribution in [0.5, 0.6) is 0 Å². The van der Waals surface area contributed by atoms with E-state index in [1.807, 2.05) is 6.92 Å². The summed E-state index contributed by atoms with van der Waals surface area (Å²) in [5.41, 5.74) is -0.159. The third-order valence-electron chi connectivity index (χ3n) is 4.71. The molecule has 0 radical (unpaired) electrons. The number of hydrogen-bond donors (Lipinski definition) is 0. The van der Waals surface area contributed by atoms with Crippen molar-refractivity contribution in [2.75, 3.05) is 5.75 Å². The lowest BCUT2D eigenvalue weighted by Crippen LogP contribution is -2.61. The summed E-state index contributed by atoms with van der Waals surface area (Å²) in [4.78, 5) is 35.3. The highest BCUT2D eigenvalue weighted by atomic mass is 32.3. The minimum Gasteiger partial charge on any atom is -0.456 e. The fourth-order valence-electron chi connectivity index (χ4n) is 3.33. The smallest absolute Gasteiger partial charge is 0.303 e. The molecule has 0 N–H and O–H groups in total. The molecule has 0 amide bonds. The number of carbonyl (C=O) groups excluding carboxylic acids is 3. The molecule has 2 rings (SSSR count). The summed E-state index contributed by atoms with van der Waals surface area (Å²) in [6.07, 6.45) is -4.31. The molecule has 184 valence electrons. The van der Waals surface area contributed by atoms with E-state index in [9.17, 15) is 22.8 Å². The Balaban J connectivity index is 2.55. The van der Waals surface area contributed by atoms with Crippen molar-refractivity contribution in [3.63, 3.8) is 0 Å². The third kappa shape index (κ3) is 7.08. The highest BCUT2D eigenvalue weighted by molar-refractivity contribution is 8.00. The maximum Gasteiger partial charge on any atom is 0.303 e. The van der Waals surface area contributed by atoms with E-state index in [0.29, 0.717) is 0 Å². The fraction of sp³-hybridized carbons (Fsp3) is 0.571. The Morgan fingerprint density at radius 1 is 0.939 bits per heavy atom. The van der Waals surface area contributed by atoms with Crippen LogP contribution in [0.4, 0.5) is 0 Å². The highest BCUT2D eigenvalue weighted by Crippen LogP contribution is 2.31. The van der Waals surface area contributed by atoms with E-state index in [-0.39, 0.29) is 10.6 Å². The van der Waals surface area contributed by atoms with E-state index in [1.165, 1.54) is 19.1 Å². The van der Waals surface area contributed by atoms with Crippen LogP contribution in [0.1, 0.15) is 40.2 Å². The number of benzene rings is 1. The predicted molar refractivity (Wildman–Crippen MR) is 120 cm³/mol. The molecule has 1 unspecified atom stereocenters. The molecule has 10 nitrogen and oxygen atoms in total. The van der Waals surface area contributed by atoms with Gasteiger partial charge in [0.25, 0.3) is 10.0 Å². The number of hydrogen-bond acceptors (Lipinski definition) is 9. The van der Waals surface area contributed by atoms with Gasteiger partial charge < -0.3 is 18.9 Å². The molecule has 1 saturated heterocycles. The van der Waals surface area contributed by atoms with Gasteiger partial charge in [0.1, 0.15) is 0 Å². The number of ether oxygens (including phenoxy) is 4. The van der Waals surface area contributed by atoms with Crippen LogP contribution >= 0.6 is 0 Å². The minimum atomic E-state index is -4.06. The summed E-state index contributed by atoms with van der Waals surface area (Å²) < 4.78 is 52.1. The van der Waals surface area contributed by atoms with Crippen molar-refractivity contribution in [1.29, 1.82) is 0 Å². The molecule has 0 aliphatic carbocycles. The van der Waals surface area contributed by atoms with Gasteiger partial charge in [-0.1, -0.05) is 24.6 Å². The van der Waals surface area contributed by atoms with Crippen molar-refractivity contribution in [3.05, 3.63) is 29.8 Å². The first-order valence-electron chi connectivity index (χ1n) is 10.3. The second kappa shape index (κ2) is 11.2. The summed E-state index contributed by atoms with van der Waals surface area (Å²) in [6, 6.07) is 6.23. The van der Waals surface area contributed by atoms with Crippen molar-refractivity contribution in [1.82, 2.24) is 0 Å². The van der Waals surface area contributed by atoms with Crippen molar-refractivity contribution in [2.24, 2.45) is 3.77 Å². The van der Waals surface area contributed by atoms with E-state index in [2.05, 4.69) is 3.77 Å². The average Bonchev–Trinajstić information content (AvgIpc) is 2.70. The first-order chi connectivity index (χ1) is 15.4. The van der Waals surface area contributed by atoms with E-state index in [4.69, 9.17) is 18.9 Å². The zero-order chi connectivity index (χ0) is 24.9. The second-order valence-electron chi connectivity index (χ2n) is 7.48. The molecular formula is C21H29NO9S2. The summed E-state index contributed by atoms with van der Waals surface area (Å²) >= 11 is 0. The molecule has 12 heteroatoms. The molecule has 0 aromatic heterocycles. The molecule has 6 atom stereocenters. The summed E-state index contributed by atoms with van der Waals surface area (Å²) in [5.74, 6) is -1.80. The Morgan fingerprint density at radius 3 is 1.91 bits per heavy atom. The van der Waals surface area contributed by atoms with Crippen LogP contribution in [0.2, 0.25) is 0 Å². The monoisotopic (exact) mass is 503 g/mol. The van der Waals surface area contributed by atoms with Crippen LogP contribution in [0, 0.1) is 6.92 Å². The topological polar surface area (TPSA) is 135 Å². The van der Waals surface area contributed by atoms with Crippen molar-refractivity contribution < 1.29 is 41.7 Å². The standard InChI is InChI=1S/C21H29NO9S2/c1-7-32(22-33(26,27)17-10-8-12(2)9-11-17)21-20(31-16(6)25)19(30-15(5)24)18(13(3)28-21)29-14(4)23/h8-11,13,18-21H,7H2,1-6H3/t13-,18-,19+,20+,21-,32?/m0/s1. The van der Waals surface area contributed by atoms with Gasteiger partial charge in [0, 0.05) is 26.5 Å². The quantitative estimate of drug-likeness (QED) is 0.404. The molecule has 33 heavy (non-hydrogen) atoms. The summed E-state index contributed by atoms with van der Waals surface area (Å²) in [6.45, 7) is 8.65. The SMILES string of the molecule is CC/S(=N\S(=O)(=O)c1ccc(C)cc1)[C@@H]1O[C@@H](C)[C@H](OC(C)=O)[C@@H](OC(C)=O)[C@H]1OC(C)=O. The molecule has 1 aromatic rings. The van der Waals surface area contributed by atoms with Crippen molar-refractivity contribution in [2.45, 2.75) is 76.3 Å². The minimum absolute atomic E-state index is 0.0151. The van der Waals surface area contributed by atoms with E-state index in [1.54, 1.807) is 26.0 Å². The number of nitrogens with zero attached hydrogens (tertiary/aromatic N) is 1. The summed E-state index contributed by atoms with van der Waals surface area (Å²) in [7, 11) is -5.37. The van der Waals surface area contributed by atoms with Gasteiger partial charge in [-0.2, -0.15) is 8.42 Å². The van der Waals surface area contributed by atoms with Gasteiger partial charge in [-0.05, 0) is 36.7 Å². The van der Waals surface area contributed by atoms with Gasteiger partial charge >= 0.3 is 17.9 Å². The maximum absolute atomic E-state index is 13.0. The lowest BCUT2D eigenvalue weighted by atomic mass is 10.00. The van der Waals surface area contributed by atoms with E-state index < -0.39 is 68.5 Å².